The van der Waals surface area contributed by atoms with Crippen LogP contribution in [0.4, 0.5) is 0 Å². The van der Waals surface area contributed by atoms with Crippen LogP contribution in [0.2, 0.25) is 0 Å². The highest BCUT2D eigenvalue weighted by Gasteiger charge is 2.21. The molecular weight excluding hydrogens is 312 g/mol. The molecule has 0 saturated carbocycles. The molecule has 5 heteroatoms. The van der Waals surface area contributed by atoms with Gasteiger partial charge in [-0.1, -0.05) is 25.1 Å². The smallest absolute Gasteiger partial charge is 0.191 e. The standard InChI is InChI=1S/C20H30N4O/c1-4-21-20(22-12-16-10-11-24(5-2)14-16)23-13-19-15(3)17-8-6-7-9-18(17)25-19/h6-9,16H,4-5,10-14H2,1-3H3,(H2,21,22,23). The van der Waals surface area contributed by atoms with Crippen LogP contribution in [0.3, 0.4) is 0 Å². The molecule has 1 aliphatic rings. The van der Waals surface area contributed by atoms with E-state index in [4.69, 9.17) is 9.41 Å². The van der Waals surface area contributed by atoms with Crippen LogP contribution in [0.15, 0.2) is 33.7 Å². The molecule has 0 radical (unpaired) electrons. The van der Waals surface area contributed by atoms with E-state index in [0.29, 0.717) is 12.5 Å². The van der Waals surface area contributed by atoms with E-state index >= 15 is 0 Å². The van der Waals surface area contributed by atoms with E-state index in [1.54, 1.807) is 0 Å². The van der Waals surface area contributed by atoms with Crippen molar-refractivity contribution in [2.24, 2.45) is 10.9 Å². The Labute approximate surface area is 150 Å². The van der Waals surface area contributed by atoms with Gasteiger partial charge in [0, 0.05) is 30.6 Å². The first-order valence-corrected chi connectivity index (χ1v) is 9.42. The van der Waals surface area contributed by atoms with Gasteiger partial charge in [-0.2, -0.15) is 0 Å². The van der Waals surface area contributed by atoms with Crippen LogP contribution in [0.25, 0.3) is 11.0 Å². The van der Waals surface area contributed by atoms with Gasteiger partial charge in [0.05, 0.1) is 0 Å². The third-order valence-electron chi connectivity index (χ3n) is 5.04. The molecule has 3 rings (SSSR count). The quantitative estimate of drug-likeness (QED) is 0.625. The minimum absolute atomic E-state index is 0.557. The highest BCUT2D eigenvalue weighted by atomic mass is 16.3. The van der Waals surface area contributed by atoms with E-state index < -0.39 is 0 Å². The second-order valence-electron chi connectivity index (χ2n) is 6.77. The maximum atomic E-state index is 5.96. The van der Waals surface area contributed by atoms with E-state index in [9.17, 15) is 0 Å². The predicted molar refractivity (Wildman–Crippen MR) is 104 cm³/mol. The maximum absolute atomic E-state index is 5.96. The van der Waals surface area contributed by atoms with Crippen LogP contribution in [0.1, 0.15) is 31.6 Å². The number of rotatable bonds is 6. The summed E-state index contributed by atoms with van der Waals surface area (Å²) in [6.45, 7) is 12.4. The number of nitrogens with zero attached hydrogens (tertiary/aromatic N) is 2. The van der Waals surface area contributed by atoms with E-state index in [2.05, 4.69) is 42.4 Å². The molecule has 0 aliphatic carbocycles. The third-order valence-corrected chi connectivity index (χ3v) is 5.04. The number of aliphatic imine (C=N–C) groups is 1. The van der Waals surface area contributed by atoms with Crippen molar-refractivity contribution in [3.8, 4) is 0 Å². The van der Waals surface area contributed by atoms with Gasteiger partial charge in [-0.25, -0.2) is 4.99 Å². The summed E-state index contributed by atoms with van der Waals surface area (Å²) >= 11 is 0. The summed E-state index contributed by atoms with van der Waals surface area (Å²) in [7, 11) is 0. The number of nitrogens with one attached hydrogen (secondary N) is 2. The number of likely N-dealkylation sites (tertiary alicyclic amines) is 1. The second-order valence-corrected chi connectivity index (χ2v) is 6.77. The summed E-state index contributed by atoms with van der Waals surface area (Å²) in [5.74, 6) is 2.52. The Morgan fingerprint density at radius 2 is 2.12 bits per heavy atom. The molecule has 0 amide bonds. The lowest BCUT2D eigenvalue weighted by Gasteiger charge is -2.16. The fourth-order valence-electron chi connectivity index (χ4n) is 3.48. The van der Waals surface area contributed by atoms with Gasteiger partial charge in [0.25, 0.3) is 0 Å². The summed E-state index contributed by atoms with van der Waals surface area (Å²) in [6.07, 6.45) is 1.27. The molecule has 0 spiro atoms. The normalized spacial score (nSPS) is 18.8. The lowest BCUT2D eigenvalue weighted by molar-refractivity contribution is 0.342. The van der Waals surface area contributed by atoms with Gasteiger partial charge in [0.15, 0.2) is 5.96 Å². The maximum Gasteiger partial charge on any atom is 0.191 e. The summed E-state index contributed by atoms with van der Waals surface area (Å²) in [5, 5.41) is 8.02. The van der Waals surface area contributed by atoms with Gasteiger partial charge >= 0.3 is 0 Å². The van der Waals surface area contributed by atoms with E-state index in [1.165, 1.54) is 30.5 Å². The van der Waals surface area contributed by atoms with Crippen LogP contribution in [-0.2, 0) is 6.54 Å². The highest BCUT2D eigenvalue weighted by molar-refractivity contribution is 5.82. The molecule has 1 aliphatic heterocycles. The van der Waals surface area contributed by atoms with Gasteiger partial charge in [0.2, 0.25) is 0 Å². The molecule has 136 valence electrons. The minimum Gasteiger partial charge on any atom is -0.459 e. The average Bonchev–Trinajstić information content (AvgIpc) is 3.22. The average molecular weight is 342 g/mol. The molecule has 1 fully saturated rings. The van der Waals surface area contributed by atoms with Crippen molar-refractivity contribution in [1.29, 1.82) is 0 Å². The third kappa shape index (κ3) is 4.34. The Hall–Kier alpha value is -2.01. The minimum atomic E-state index is 0.557. The first-order valence-electron chi connectivity index (χ1n) is 9.42. The van der Waals surface area contributed by atoms with Crippen molar-refractivity contribution in [2.75, 3.05) is 32.7 Å². The number of benzene rings is 1. The number of hydrogen-bond acceptors (Lipinski definition) is 3. The van der Waals surface area contributed by atoms with Gasteiger partial charge < -0.3 is 20.0 Å². The summed E-state index contributed by atoms with van der Waals surface area (Å²) in [5.41, 5.74) is 2.12. The van der Waals surface area contributed by atoms with Gasteiger partial charge in [0.1, 0.15) is 17.9 Å². The second kappa shape index (κ2) is 8.39. The van der Waals surface area contributed by atoms with Crippen molar-refractivity contribution >= 4 is 16.9 Å². The molecule has 1 unspecified atom stereocenters. The Kier molecular flexibility index (Phi) is 5.97. The largest absolute Gasteiger partial charge is 0.459 e. The van der Waals surface area contributed by atoms with E-state index in [1.807, 2.05) is 18.2 Å². The van der Waals surface area contributed by atoms with Crippen molar-refractivity contribution in [3.05, 3.63) is 35.6 Å². The first kappa shape index (κ1) is 17.8. The molecule has 2 aromatic rings. The zero-order valence-electron chi connectivity index (χ0n) is 15.6. The highest BCUT2D eigenvalue weighted by Crippen LogP contribution is 2.25. The molecule has 0 bridgehead atoms. The molecule has 2 N–H and O–H groups in total. The molecule has 5 nitrogen and oxygen atoms in total. The number of guanidine groups is 1. The number of furan rings is 1. The van der Waals surface area contributed by atoms with Crippen LogP contribution >= 0.6 is 0 Å². The molecule has 1 aromatic heterocycles. The lowest BCUT2D eigenvalue weighted by Crippen LogP contribution is -2.40. The van der Waals surface area contributed by atoms with Crippen LogP contribution in [-0.4, -0.2) is 43.6 Å². The molecule has 1 aromatic carbocycles. The summed E-state index contributed by atoms with van der Waals surface area (Å²) in [6, 6.07) is 8.17. The molecule has 25 heavy (non-hydrogen) atoms. The van der Waals surface area contributed by atoms with Gasteiger partial charge in [-0.3, -0.25) is 0 Å². The monoisotopic (exact) mass is 342 g/mol. The Balaban J connectivity index is 1.62. The van der Waals surface area contributed by atoms with Gasteiger partial charge in [-0.15, -0.1) is 0 Å². The molecule has 1 atom stereocenters. The Morgan fingerprint density at radius 3 is 2.84 bits per heavy atom. The Bertz CT molecular complexity index is 722. The fourth-order valence-corrected chi connectivity index (χ4v) is 3.48. The van der Waals surface area contributed by atoms with Crippen molar-refractivity contribution in [2.45, 2.75) is 33.7 Å². The van der Waals surface area contributed by atoms with E-state index in [0.717, 1.165) is 36.9 Å². The number of fused-ring (bicyclic) bond motifs is 1. The summed E-state index contributed by atoms with van der Waals surface area (Å²) in [4.78, 5) is 7.24. The zero-order valence-corrected chi connectivity index (χ0v) is 15.6. The van der Waals surface area contributed by atoms with Crippen LogP contribution in [0, 0.1) is 12.8 Å². The lowest BCUT2D eigenvalue weighted by atomic mass is 10.1. The van der Waals surface area contributed by atoms with Crippen molar-refractivity contribution in [3.63, 3.8) is 0 Å². The van der Waals surface area contributed by atoms with Gasteiger partial charge in [-0.05, 0) is 45.3 Å². The fraction of sp³-hybridized carbons (Fsp3) is 0.550. The van der Waals surface area contributed by atoms with E-state index in [-0.39, 0.29) is 0 Å². The SMILES string of the molecule is CCNC(=NCc1oc2ccccc2c1C)NCC1CCN(CC)C1. The molecule has 1 saturated heterocycles. The topological polar surface area (TPSA) is 52.8 Å². The molecular formula is C20H30N4O. The number of aryl methyl sites for hydroxylation is 1. The van der Waals surface area contributed by atoms with Crippen LogP contribution < -0.4 is 10.6 Å². The molecule has 2 heterocycles. The van der Waals surface area contributed by atoms with Crippen LogP contribution in [0.5, 0.6) is 0 Å². The predicted octanol–water partition coefficient (Wildman–Crippen LogP) is 3.14. The number of para-hydroxylation sites is 1. The van der Waals surface area contributed by atoms with Crippen molar-refractivity contribution < 1.29 is 4.42 Å². The zero-order chi connectivity index (χ0) is 17.6. The first-order chi connectivity index (χ1) is 12.2. The summed E-state index contributed by atoms with van der Waals surface area (Å²) < 4.78 is 5.96. The Morgan fingerprint density at radius 1 is 1.28 bits per heavy atom. The van der Waals surface area contributed by atoms with Crippen molar-refractivity contribution in [1.82, 2.24) is 15.5 Å². The number of hydrogen-bond donors (Lipinski definition) is 2.